The number of rotatable bonds is 7. The predicted molar refractivity (Wildman–Crippen MR) is 92.6 cm³/mol. The Labute approximate surface area is 145 Å². The van der Waals surface area contributed by atoms with Crippen molar-refractivity contribution in [1.82, 2.24) is 5.32 Å². The third-order valence-electron chi connectivity index (χ3n) is 2.75. The Morgan fingerprint density at radius 2 is 1.83 bits per heavy atom. The summed E-state index contributed by atoms with van der Waals surface area (Å²) in [4.78, 5) is 21.3. The summed E-state index contributed by atoms with van der Waals surface area (Å²) >= 11 is 1.54. The summed E-state index contributed by atoms with van der Waals surface area (Å²) < 4.78 is 29.6. The van der Waals surface area contributed by atoms with Crippen molar-refractivity contribution in [3.05, 3.63) is 29.8 Å². The van der Waals surface area contributed by atoms with Gasteiger partial charge in [-0.3, -0.25) is 9.35 Å². The van der Waals surface area contributed by atoms with Crippen molar-refractivity contribution in [2.75, 3.05) is 18.6 Å². The number of hydrogen-bond acceptors (Lipinski definition) is 6. The molecule has 0 saturated carbocycles. The van der Waals surface area contributed by atoms with Crippen LogP contribution in [0.3, 0.4) is 0 Å². The number of nitrogens with two attached hydrogens (primary N) is 1. The van der Waals surface area contributed by atoms with Gasteiger partial charge in [-0.1, -0.05) is 17.7 Å². The number of benzene rings is 1. The molecule has 0 aliphatic carbocycles. The summed E-state index contributed by atoms with van der Waals surface area (Å²) in [7, 11) is -4.02. The van der Waals surface area contributed by atoms with Crippen LogP contribution in [0.15, 0.2) is 29.2 Å². The van der Waals surface area contributed by atoms with E-state index >= 15 is 0 Å². The van der Waals surface area contributed by atoms with Crippen molar-refractivity contribution in [1.29, 1.82) is 0 Å². The van der Waals surface area contributed by atoms with E-state index in [2.05, 4.69) is 5.32 Å². The number of hydrogen-bond donors (Lipinski definition) is 4. The molecule has 0 bridgehead atoms. The van der Waals surface area contributed by atoms with Gasteiger partial charge in [-0.25, -0.2) is 4.79 Å². The first kappa shape index (κ1) is 22.4. The summed E-state index contributed by atoms with van der Waals surface area (Å²) in [6.45, 7) is 1.66. The highest BCUT2D eigenvalue weighted by Gasteiger charge is 2.18. The summed E-state index contributed by atoms with van der Waals surface area (Å²) in [5.74, 6) is -0.758. The third kappa shape index (κ3) is 9.50. The molecule has 1 atom stereocenters. The zero-order chi connectivity index (χ0) is 18.8. The van der Waals surface area contributed by atoms with Crippen molar-refractivity contribution in [3.63, 3.8) is 0 Å². The van der Waals surface area contributed by atoms with Gasteiger partial charge < -0.3 is 16.2 Å². The van der Waals surface area contributed by atoms with Gasteiger partial charge in [0.15, 0.2) is 0 Å². The number of amides is 1. The second-order valence-electron chi connectivity index (χ2n) is 4.73. The van der Waals surface area contributed by atoms with E-state index in [1.165, 1.54) is 23.9 Å². The largest absolute Gasteiger partial charge is 0.480 e. The lowest BCUT2D eigenvalue weighted by Gasteiger charge is -2.12. The SMILES string of the molecule is CSCCC(NC(=O)CN)C(=O)O.Cc1ccc(S(=O)(=O)O)cc1. The quantitative estimate of drug-likeness (QED) is 0.502. The number of aliphatic carboxylic acids is 1. The van der Waals surface area contributed by atoms with Crippen molar-refractivity contribution >= 4 is 33.8 Å². The molecule has 10 heteroatoms. The number of carbonyl (C=O) groups excluding carboxylic acids is 1. The van der Waals surface area contributed by atoms with Crippen LogP contribution in [0.2, 0.25) is 0 Å². The zero-order valence-electron chi connectivity index (χ0n) is 13.4. The molecular weight excluding hydrogens is 356 g/mol. The summed E-state index contributed by atoms with van der Waals surface area (Å²) in [5, 5.41) is 11.0. The van der Waals surface area contributed by atoms with Gasteiger partial charge in [0.1, 0.15) is 6.04 Å². The topological polar surface area (TPSA) is 147 Å². The van der Waals surface area contributed by atoms with E-state index in [-0.39, 0.29) is 11.4 Å². The Balaban J connectivity index is 0.000000446. The van der Waals surface area contributed by atoms with Gasteiger partial charge in [-0.2, -0.15) is 20.2 Å². The molecule has 5 N–H and O–H groups in total. The number of carboxylic acid groups (broad SMARTS) is 1. The molecule has 0 aliphatic heterocycles. The molecule has 0 spiro atoms. The summed E-state index contributed by atoms with van der Waals surface area (Å²) in [6.07, 6.45) is 2.30. The molecular formula is C14H22N2O6S2. The van der Waals surface area contributed by atoms with Crippen LogP contribution < -0.4 is 11.1 Å². The van der Waals surface area contributed by atoms with Crippen molar-refractivity contribution in [2.45, 2.75) is 24.3 Å². The minimum absolute atomic E-state index is 0.0666. The maximum atomic E-state index is 10.8. The Hall–Kier alpha value is -1.62. The van der Waals surface area contributed by atoms with Crippen LogP contribution in [-0.2, 0) is 19.7 Å². The third-order valence-corrected chi connectivity index (χ3v) is 4.26. The Morgan fingerprint density at radius 3 is 2.21 bits per heavy atom. The Kier molecular flexibility index (Phi) is 10.3. The lowest BCUT2D eigenvalue weighted by Crippen LogP contribution is -2.43. The molecule has 1 amide bonds. The van der Waals surface area contributed by atoms with E-state index in [4.69, 9.17) is 15.4 Å². The van der Waals surface area contributed by atoms with Gasteiger partial charge in [0.2, 0.25) is 5.91 Å². The Bertz CT molecular complexity index is 631. The first-order valence-corrected chi connectivity index (χ1v) is 9.70. The minimum Gasteiger partial charge on any atom is -0.480 e. The van der Waals surface area contributed by atoms with Crippen molar-refractivity contribution in [3.8, 4) is 0 Å². The monoisotopic (exact) mass is 378 g/mol. The van der Waals surface area contributed by atoms with Crippen LogP contribution in [0.5, 0.6) is 0 Å². The second-order valence-corrected chi connectivity index (χ2v) is 7.14. The molecule has 0 aromatic heterocycles. The number of thioether (sulfide) groups is 1. The van der Waals surface area contributed by atoms with Gasteiger partial charge in [-0.05, 0) is 37.5 Å². The Morgan fingerprint density at radius 1 is 1.29 bits per heavy atom. The molecule has 0 radical (unpaired) electrons. The maximum absolute atomic E-state index is 10.8. The van der Waals surface area contributed by atoms with Crippen LogP contribution in [0.1, 0.15) is 12.0 Å². The number of aryl methyl sites for hydroxylation is 1. The molecule has 1 rings (SSSR count). The predicted octanol–water partition coefficient (Wildman–Crippen LogP) is 0.509. The summed E-state index contributed by atoms with van der Waals surface area (Å²) in [6, 6.07) is 5.17. The first-order valence-electron chi connectivity index (χ1n) is 6.87. The fourth-order valence-corrected chi connectivity index (χ4v) is 2.41. The molecule has 136 valence electrons. The van der Waals surface area contributed by atoms with E-state index in [9.17, 15) is 18.0 Å². The first-order chi connectivity index (χ1) is 11.1. The highest BCUT2D eigenvalue weighted by Crippen LogP contribution is 2.08. The lowest BCUT2D eigenvalue weighted by atomic mass is 10.2. The number of carboxylic acids is 1. The van der Waals surface area contributed by atoms with Crippen LogP contribution in [-0.4, -0.2) is 54.5 Å². The molecule has 0 heterocycles. The van der Waals surface area contributed by atoms with E-state index in [1.54, 1.807) is 12.1 Å². The molecule has 0 fully saturated rings. The molecule has 1 aromatic carbocycles. The van der Waals surface area contributed by atoms with Gasteiger partial charge in [-0.15, -0.1) is 0 Å². The van der Waals surface area contributed by atoms with Gasteiger partial charge in [0.25, 0.3) is 10.1 Å². The van der Waals surface area contributed by atoms with Crippen LogP contribution in [0.4, 0.5) is 0 Å². The van der Waals surface area contributed by atoms with Crippen LogP contribution >= 0.6 is 11.8 Å². The molecule has 0 aliphatic rings. The fourth-order valence-electron chi connectivity index (χ4n) is 1.46. The average Bonchev–Trinajstić information content (AvgIpc) is 2.51. The van der Waals surface area contributed by atoms with Gasteiger partial charge in [0.05, 0.1) is 11.4 Å². The number of carbonyl (C=O) groups is 2. The van der Waals surface area contributed by atoms with E-state index < -0.39 is 28.0 Å². The normalized spacial score (nSPS) is 11.8. The van der Waals surface area contributed by atoms with Crippen LogP contribution in [0, 0.1) is 6.92 Å². The average molecular weight is 378 g/mol. The highest BCUT2D eigenvalue weighted by molar-refractivity contribution is 7.98. The minimum atomic E-state index is -4.02. The van der Waals surface area contributed by atoms with Gasteiger partial charge in [0, 0.05) is 0 Å². The van der Waals surface area contributed by atoms with E-state index in [0.717, 1.165) is 5.56 Å². The van der Waals surface area contributed by atoms with E-state index in [0.29, 0.717) is 12.2 Å². The molecule has 24 heavy (non-hydrogen) atoms. The molecule has 0 saturated heterocycles. The molecule has 1 aromatic rings. The zero-order valence-corrected chi connectivity index (χ0v) is 15.1. The lowest BCUT2D eigenvalue weighted by molar-refractivity contribution is -0.141. The summed E-state index contributed by atoms with van der Waals surface area (Å²) in [5.41, 5.74) is 5.99. The van der Waals surface area contributed by atoms with Gasteiger partial charge >= 0.3 is 5.97 Å². The van der Waals surface area contributed by atoms with Crippen LogP contribution in [0.25, 0.3) is 0 Å². The van der Waals surface area contributed by atoms with Crippen molar-refractivity contribution in [2.24, 2.45) is 5.73 Å². The smallest absolute Gasteiger partial charge is 0.326 e. The highest BCUT2D eigenvalue weighted by atomic mass is 32.2. The standard InChI is InChI=1S/C7H14N2O3S.C7H8O3S/c1-13-3-2-5(7(11)12)9-6(10)4-8;1-6-2-4-7(5-3-6)11(8,9)10/h5H,2-4,8H2,1H3,(H,9,10)(H,11,12);2-5H,1H3,(H,8,9,10). The van der Waals surface area contributed by atoms with E-state index in [1.807, 2.05) is 13.2 Å². The number of nitrogens with one attached hydrogen (secondary N) is 1. The maximum Gasteiger partial charge on any atom is 0.326 e. The fraction of sp³-hybridized carbons (Fsp3) is 0.429. The van der Waals surface area contributed by atoms with Crippen molar-refractivity contribution < 1.29 is 27.7 Å². The molecule has 8 nitrogen and oxygen atoms in total. The molecule has 1 unspecified atom stereocenters. The second kappa shape index (κ2) is 11.0.